The molecule has 16 heavy (non-hydrogen) atoms. The number of carbonyl (C=O) groups excluding carboxylic acids is 1. The molecule has 0 unspecified atom stereocenters. The maximum atomic E-state index is 12.0. The van der Waals surface area contributed by atoms with Crippen LogP contribution in [0.2, 0.25) is 0 Å². The van der Waals surface area contributed by atoms with Gasteiger partial charge >= 0.3 is 6.03 Å². The maximum absolute atomic E-state index is 12.0. The van der Waals surface area contributed by atoms with Crippen LogP contribution in [0.3, 0.4) is 0 Å². The number of urea groups is 1. The molecule has 3 aliphatic rings. The van der Waals surface area contributed by atoms with Crippen molar-refractivity contribution >= 4 is 6.03 Å². The molecule has 2 N–H and O–H groups in total. The van der Waals surface area contributed by atoms with E-state index in [2.05, 4.69) is 15.5 Å². The Hall–Kier alpha value is -0.770. The number of nitrogens with zero attached hydrogens (tertiary/aromatic N) is 1. The molecule has 3 rings (SSSR count). The van der Waals surface area contributed by atoms with E-state index in [0.717, 1.165) is 25.9 Å². The van der Waals surface area contributed by atoms with Crippen LogP contribution in [0.15, 0.2) is 0 Å². The number of rotatable bonds is 1. The largest absolute Gasteiger partial charge is 0.333 e. The standard InChI is InChI=1S/C12H21N3O/c16-12-14-10-3-1-2-4-11(10)15(12)9-5-7-13-8-6-9/h9-11,13H,1-8H2,(H,14,16)/t10-,11-/m1/s1. The highest BCUT2D eigenvalue weighted by Gasteiger charge is 2.43. The summed E-state index contributed by atoms with van der Waals surface area (Å²) in [5, 5.41) is 6.54. The van der Waals surface area contributed by atoms with Crippen molar-refractivity contribution < 1.29 is 4.79 Å². The van der Waals surface area contributed by atoms with Crippen molar-refractivity contribution in [2.45, 2.75) is 56.7 Å². The quantitative estimate of drug-likeness (QED) is 0.698. The second-order valence-corrected chi connectivity index (χ2v) is 5.30. The van der Waals surface area contributed by atoms with Crippen molar-refractivity contribution in [3.63, 3.8) is 0 Å². The van der Waals surface area contributed by atoms with Crippen LogP contribution in [0.1, 0.15) is 38.5 Å². The topological polar surface area (TPSA) is 44.4 Å². The molecular formula is C12H21N3O. The van der Waals surface area contributed by atoms with Gasteiger partial charge in [-0.2, -0.15) is 0 Å². The van der Waals surface area contributed by atoms with Crippen LogP contribution in [0.25, 0.3) is 0 Å². The Morgan fingerprint density at radius 3 is 2.62 bits per heavy atom. The lowest BCUT2D eigenvalue weighted by atomic mass is 9.89. The summed E-state index contributed by atoms with van der Waals surface area (Å²) in [4.78, 5) is 14.2. The Kier molecular flexibility index (Phi) is 2.75. The van der Waals surface area contributed by atoms with E-state index in [-0.39, 0.29) is 6.03 Å². The molecule has 1 aliphatic carbocycles. The second-order valence-electron chi connectivity index (χ2n) is 5.30. The van der Waals surface area contributed by atoms with Crippen LogP contribution >= 0.6 is 0 Å². The SMILES string of the molecule is O=C1N[C@@H]2CCCC[C@H]2N1C1CCNCC1. The normalized spacial score (nSPS) is 36.0. The average molecular weight is 223 g/mol. The van der Waals surface area contributed by atoms with E-state index in [0.29, 0.717) is 18.1 Å². The van der Waals surface area contributed by atoms with Gasteiger partial charge in [0.25, 0.3) is 0 Å². The van der Waals surface area contributed by atoms with E-state index in [4.69, 9.17) is 0 Å². The minimum Gasteiger partial charge on any atom is -0.333 e. The molecule has 90 valence electrons. The molecule has 4 heteroatoms. The first kappa shape index (κ1) is 10.4. The minimum absolute atomic E-state index is 0.198. The molecule has 0 spiro atoms. The summed E-state index contributed by atoms with van der Waals surface area (Å²) in [6.45, 7) is 2.12. The number of nitrogens with one attached hydrogen (secondary N) is 2. The number of amides is 2. The first-order chi connectivity index (χ1) is 7.86. The lowest BCUT2D eigenvalue weighted by molar-refractivity contribution is 0.138. The number of fused-ring (bicyclic) bond motifs is 1. The molecule has 2 heterocycles. The van der Waals surface area contributed by atoms with Crippen LogP contribution in [-0.4, -0.2) is 42.1 Å². The third-order valence-electron chi connectivity index (χ3n) is 4.33. The Morgan fingerprint density at radius 1 is 1.06 bits per heavy atom. The van der Waals surface area contributed by atoms with E-state index < -0.39 is 0 Å². The molecule has 0 aromatic carbocycles. The van der Waals surface area contributed by atoms with Gasteiger partial charge in [-0.05, 0) is 38.8 Å². The van der Waals surface area contributed by atoms with Crippen molar-refractivity contribution in [1.29, 1.82) is 0 Å². The summed E-state index contributed by atoms with van der Waals surface area (Å²) in [7, 11) is 0. The van der Waals surface area contributed by atoms with Gasteiger partial charge in [0.1, 0.15) is 0 Å². The third kappa shape index (κ3) is 1.69. The highest BCUT2D eigenvalue weighted by atomic mass is 16.2. The predicted octanol–water partition coefficient (Wildman–Crippen LogP) is 1.07. The molecule has 0 aromatic rings. The zero-order chi connectivity index (χ0) is 11.0. The Labute approximate surface area is 96.8 Å². The van der Waals surface area contributed by atoms with E-state index in [1.165, 1.54) is 25.7 Å². The van der Waals surface area contributed by atoms with Crippen molar-refractivity contribution in [2.75, 3.05) is 13.1 Å². The van der Waals surface area contributed by atoms with Crippen LogP contribution in [0.4, 0.5) is 4.79 Å². The Bertz CT molecular complexity index is 275. The summed E-state index contributed by atoms with van der Waals surface area (Å²) < 4.78 is 0. The average Bonchev–Trinajstić information content (AvgIpc) is 2.66. The number of hydrogen-bond acceptors (Lipinski definition) is 2. The monoisotopic (exact) mass is 223 g/mol. The number of hydrogen-bond donors (Lipinski definition) is 2. The fraction of sp³-hybridized carbons (Fsp3) is 0.917. The van der Waals surface area contributed by atoms with Gasteiger partial charge in [-0.25, -0.2) is 4.79 Å². The van der Waals surface area contributed by atoms with Crippen molar-refractivity contribution in [3.05, 3.63) is 0 Å². The van der Waals surface area contributed by atoms with Gasteiger partial charge in [-0.15, -0.1) is 0 Å². The molecule has 0 bridgehead atoms. The van der Waals surface area contributed by atoms with Gasteiger partial charge in [0.05, 0.1) is 12.1 Å². The summed E-state index contributed by atoms with van der Waals surface area (Å²) in [6.07, 6.45) is 7.19. The van der Waals surface area contributed by atoms with Crippen LogP contribution in [0.5, 0.6) is 0 Å². The first-order valence-corrected chi connectivity index (χ1v) is 6.66. The van der Waals surface area contributed by atoms with E-state index >= 15 is 0 Å². The van der Waals surface area contributed by atoms with Crippen LogP contribution in [0, 0.1) is 0 Å². The van der Waals surface area contributed by atoms with Gasteiger partial charge < -0.3 is 15.5 Å². The van der Waals surface area contributed by atoms with Crippen LogP contribution < -0.4 is 10.6 Å². The van der Waals surface area contributed by atoms with Gasteiger partial charge in [0.2, 0.25) is 0 Å². The molecule has 3 fully saturated rings. The van der Waals surface area contributed by atoms with E-state index in [1.807, 2.05) is 0 Å². The zero-order valence-corrected chi connectivity index (χ0v) is 9.74. The fourth-order valence-corrected chi connectivity index (χ4v) is 3.52. The third-order valence-corrected chi connectivity index (χ3v) is 4.33. The molecule has 0 aromatic heterocycles. The van der Waals surface area contributed by atoms with E-state index in [9.17, 15) is 4.79 Å². The molecule has 0 radical (unpaired) electrons. The van der Waals surface area contributed by atoms with Gasteiger partial charge in [0, 0.05) is 6.04 Å². The van der Waals surface area contributed by atoms with Crippen molar-refractivity contribution in [1.82, 2.24) is 15.5 Å². The van der Waals surface area contributed by atoms with Gasteiger partial charge in [-0.3, -0.25) is 0 Å². The molecule has 2 atom stereocenters. The lowest BCUT2D eigenvalue weighted by Crippen LogP contribution is -2.49. The first-order valence-electron chi connectivity index (χ1n) is 6.66. The molecule has 4 nitrogen and oxygen atoms in total. The molecule has 2 saturated heterocycles. The second kappa shape index (κ2) is 4.24. The molecule has 2 aliphatic heterocycles. The minimum atomic E-state index is 0.198. The lowest BCUT2D eigenvalue weighted by Gasteiger charge is -2.37. The van der Waals surface area contributed by atoms with Crippen molar-refractivity contribution in [2.24, 2.45) is 0 Å². The van der Waals surface area contributed by atoms with Gasteiger partial charge in [-0.1, -0.05) is 12.8 Å². The number of piperidine rings is 1. The highest BCUT2D eigenvalue weighted by Crippen LogP contribution is 2.31. The Morgan fingerprint density at radius 2 is 1.81 bits per heavy atom. The summed E-state index contributed by atoms with van der Waals surface area (Å²) in [5.74, 6) is 0. The smallest absolute Gasteiger partial charge is 0.318 e. The van der Waals surface area contributed by atoms with Crippen LogP contribution in [-0.2, 0) is 0 Å². The zero-order valence-electron chi connectivity index (χ0n) is 9.74. The summed E-state index contributed by atoms with van der Waals surface area (Å²) in [6, 6.07) is 1.61. The number of carbonyl (C=O) groups is 1. The molecule has 1 saturated carbocycles. The van der Waals surface area contributed by atoms with Crippen molar-refractivity contribution in [3.8, 4) is 0 Å². The molecular weight excluding hydrogens is 202 g/mol. The summed E-state index contributed by atoms with van der Waals surface area (Å²) in [5.41, 5.74) is 0. The Balaban J connectivity index is 1.74. The van der Waals surface area contributed by atoms with Gasteiger partial charge in [0.15, 0.2) is 0 Å². The molecule has 2 amide bonds. The maximum Gasteiger partial charge on any atom is 0.318 e. The fourth-order valence-electron chi connectivity index (χ4n) is 3.52. The highest BCUT2D eigenvalue weighted by molar-refractivity contribution is 5.78. The van der Waals surface area contributed by atoms with E-state index in [1.54, 1.807) is 0 Å². The summed E-state index contributed by atoms with van der Waals surface area (Å²) >= 11 is 0. The predicted molar refractivity (Wildman–Crippen MR) is 62.3 cm³/mol.